The van der Waals surface area contributed by atoms with Gasteiger partial charge in [0, 0.05) is 0 Å². The molecule has 1 heterocycles. The van der Waals surface area contributed by atoms with Crippen LogP contribution < -0.4 is 0 Å². The summed E-state index contributed by atoms with van der Waals surface area (Å²) in [5.74, 6) is 10.8. The van der Waals surface area contributed by atoms with Gasteiger partial charge in [-0.15, -0.1) is 0 Å². The van der Waals surface area contributed by atoms with Crippen LogP contribution in [0.5, 0.6) is 0 Å². The van der Waals surface area contributed by atoms with E-state index in [1.165, 1.54) is 0 Å². The molecule has 8 bridgehead atoms. The normalized spacial score (nSPS) is 48.1. The second kappa shape index (κ2) is 12.1. The Morgan fingerprint density at radius 1 is 0.429 bits per heavy atom. The topological polar surface area (TPSA) is 0 Å². The molecule has 8 saturated carbocycles. The number of halogens is 8. The molecule has 0 aromatic rings. The third kappa shape index (κ3) is 8.74. The molecule has 0 aromatic heterocycles. The Morgan fingerprint density at radius 2 is 0.619 bits per heavy atom. The molecule has 9 rings (SSSR count). The molecular weight excluding hydrogens is 598 g/mol. The summed E-state index contributed by atoms with van der Waals surface area (Å²) in [6.07, 6.45) is 31.4. The van der Waals surface area contributed by atoms with Crippen LogP contribution in [0, 0.1) is 45.3 Å². The summed E-state index contributed by atoms with van der Waals surface area (Å²) in [6, 6.07) is 0. The highest BCUT2D eigenvalue weighted by Gasteiger charge is 2.59. The van der Waals surface area contributed by atoms with Crippen molar-refractivity contribution in [1.82, 2.24) is 0 Å². The Hall–Kier alpha value is 0.270. The van der Waals surface area contributed by atoms with E-state index in [1.807, 2.05) is 0 Å². The molecule has 9 fully saturated rings. The van der Waals surface area contributed by atoms with Crippen LogP contribution in [0.3, 0.4) is 0 Å². The molecule has 1 saturated heterocycles. The van der Waals surface area contributed by atoms with Crippen molar-refractivity contribution in [3.8, 4) is 0 Å². The zero-order valence-electron chi connectivity index (χ0n) is 25.4. The fraction of sp³-hybridized carbons (Fsp3) is 1.00. The first-order chi connectivity index (χ1) is 19.3. The quantitative estimate of drug-likeness (QED) is 0.139. The minimum absolute atomic E-state index is 0.681. The van der Waals surface area contributed by atoms with Gasteiger partial charge in [-0.25, -0.2) is 0 Å². The summed E-state index contributed by atoms with van der Waals surface area (Å²) in [4.78, 5) is 0. The lowest BCUT2D eigenvalue weighted by atomic mass is 9.43. The van der Waals surface area contributed by atoms with Gasteiger partial charge in [0.15, 0.2) is 0 Å². The SMILES string of the molecule is C[S+]1CCC23CC4CC(C2)CC(CC[S+](C)CCC25CC6CC(CC(CC1)(C6)C2)C5)(C4)C3.F[B-](F)(F)F.F[B-](F)(F)F. The summed E-state index contributed by atoms with van der Waals surface area (Å²) in [7, 11) is -10.6. The second-order valence-corrected chi connectivity index (χ2v) is 21.1. The fourth-order valence-electron chi connectivity index (χ4n) is 12.2. The predicted molar refractivity (Wildman–Crippen MR) is 164 cm³/mol. The van der Waals surface area contributed by atoms with Gasteiger partial charge in [-0.3, -0.25) is 0 Å². The molecule has 0 aromatic carbocycles. The minimum Gasteiger partial charge on any atom is -0.418 e. The number of rotatable bonds is 0. The first kappa shape index (κ1) is 33.6. The molecule has 8 aliphatic carbocycles. The van der Waals surface area contributed by atoms with Crippen LogP contribution in [0.2, 0.25) is 0 Å². The smallest absolute Gasteiger partial charge is 0.418 e. The van der Waals surface area contributed by atoms with Gasteiger partial charge in [0.25, 0.3) is 0 Å². The average molecular weight is 648 g/mol. The molecule has 0 radical (unpaired) electrons. The lowest BCUT2D eigenvalue weighted by Gasteiger charge is -2.63. The van der Waals surface area contributed by atoms with Crippen molar-refractivity contribution < 1.29 is 34.5 Å². The van der Waals surface area contributed by atoms with Gasteiger partial charge < -0.3 is 34.5 Å². The highest BCUT2D eigenvalue weighted by atomic mass is 32.2. The Labute approximate surface area is 254 Å². The summed E-state index contributed by atoms with van der Waals surface area (Å²) < 4.78 is 78.0. The van der Waals surface area contributed by atoms with E-state index in [0.717, 1.165) is 45.3 Å². The third-order valence-corrected chi connectivity index (χ3v) is 16.1. The molecule has 0 nitrogen and oxygen atoms in total. The average Bonchev–Trinajstić information content (AvgIpc) is 2.80. The highest BCUT2D eigenvalue weighted by molar-refractivity contribution is 7.96. The Balaban J connectivity index is 0.000000308. The van der Waals surface area contributed by atoms with Crippen molar-refractivity contribution in [3.05, 3.63) is 0 Å². The van der Waals surface area contributed by atoms with Gasteiger partial charge in [-0.2, -0.15) is 0 Å². The van der Waals surface area contributed by atoms with E-state index >= 15 is 0 Å². The molecule has 0 unspecified atom stereocenters. The molecule has 12 heteroatoms. The largest absolute Gasteiger partial charge is 0.673 e. The molecule has 0 amide bonds. The van der Waals surface area contributed by atoms with Crippen molar-refractivity contribution >= 4 is 36.3 Å². The third-order valence-electron chi connectivity index (χ3n) is 12.5. The maximum absolute atomic E-state index is 9.75. The molecule has 9 aliphatic rings. The summed E-state index contributed by atoms with van der Waals surface area (Å²) in [5, 5.41) is 0. The van der Waals surface area contributed by atoms with Crippen molar-refractivity contribution in [1.29, 1.82) is 0 Å². The van der Waals surface area contributed by atoms with Gasteiger partial charge >= 0.3 is 14.5 Å². The van der Waals surface area contributed by atoms with Gasteiger partial charge in [0.05, 0.1) is 12.5 Å². The monoisotopic (exact) mass is 648 g/mol. The van der Waals surface area contributed by atoms with Crippen LogP contribution in [0.4, 0.5) is 34.5 Å². The number of hydrogen-bond acceptors (Lipinski definition) is 0. The maximum Gasteiger partial charge on any atom is 0.673 e. The van der Waals surface area contributed by atoms with Crippen LogP contribution in [0.1, 0.15) is 103 Å². The van der Waals surface area contributed by atoms with Gasteiger partial charge in [0.2, 0.25) is 0 Å². The summed E-state index contributed by atoms with van der Waals surface area (Å²) in [5.41, 5.74) is 3.16. The van der Waals surface area contributed by atoms with Crippen molar-refractivity contribution in [2.24, 2.45) is 45.3 Å². The second-order valence-electron chi connectivity index (χ2n) is 16.3. The molecule has 0 atom stereocenters. The van der Waals surface area contributed by atoms with Crippen LogP contribution in [-0.2, 0) is 21.8 Å². The highest BCUT2D eigenvalue weighted by Crippen LogP contribution is 2.69. The lowest BCUT2D eigenvalue weighted by Crippen LogP contribution is -2.53. The Bertz CT molecular complexity index is 777. The molecule has 0 N–H and O–H groups in total. The van der Waals surface area contributed by atoms with E-state index in [1.54, 1.807) is 126 Å². The van der Waals surface area contributed by atoms with Crippen molar-refractivity contribution in [3.63, 3.8) is 0 Å². The van der Waals surface area contributed by atoms with Crippen molar-refractivity contribution in [2.75, 3.05) is 35.5 Å². The molecule has 244 valence electrons. The first-order valence-corrected chi connectivity index (χ1v) is 20.2. The Morgan fingerprint density at radius 3 is 0.810 bits per heavy atom. The number of hydrogen-bond donors (Lipinski definition) is 0. The van der Waals surface area contributed by atoms with Crippen LogP contribution in [-0.4, -0.2) is 50.0 Å². The zero-order chi connectivity index (χ0) is 30.6. The van der Waals surface area contributed by atoms with Crippen molar-refractivity contribution in [2.45, 2.75) is 103 Å². The van der Waals surface area contributed by atoms with E-state index in [0.29, 0.717) is 21.8 Å². The van der Waals surface area contributed by atoms with E-state index in [4.69, 9.17) is 0 Å². The molecule has 4 spiro atoms. The first-order valence-electron chi connectivity index (χ1n) is 16.3. The minimum atomic E-state index is -6.00. The van der Waals surface area contributed by atoms with E-state index in [9.17, 15) is 34.5 Å². The zero-order valence-corrected chi connectivity index (χ0v) is 27.1. The standard InChI is InChI=1S/C30H50S2.2BF4/c1-31-7-3-27-13-23-11-24(14-27)18-29(17-23,21-27)5-9-32(2)10-6-30-19-25-12-26(20-30)16-28(15-25,22-30)4-8-31;2*2-1(3,4)5/h23-26H,3-22H2,1-2H3;;/q+2;2*-1. The van der Waals surface area contributed by atoms with Gasteiger partial charge in [-0.1, -0.05) is 0 Å². The van der Waals surface area contributed by atoms with E-state index in [-0.39, 0.29) is 0 Å². The van der Waals surface area contributed by atoms with Gasteiger partial charge in [0.1, 0.15) is 23.0 Å². The van der Waals surface area contributed by atoms with E-state index in [2.05, 4.69) is 12.5 Å². The molecular formula is C30H50B2F8S2. The fourth-order valence-corrected chi connectivity index (χ4v) is 15.8. The van der Waals surface area contributed by atoms with Gasteiger partial charge in [-0.05, 0) is 170 Å². The summed E-state index contributed by atoms with van der Waals surface area (Å²) >= 11 is 0. The molecule has 42 heavy (non-hydrogen) atoms. The van der Waals surface area contributed by atoms with Crippen LogP contribution in [0.15, 0.2) is 0 Å². The van der Waals surface area contributed by atoms with E-state index < -0.39 is 14.5 Å². The maximum atomic E-state index is 9.75. The summed E-state index contributed by atoms with van der Waals surface area (Å²) in [6.45, 7) is 0. The van der Waals surface area contributed by atoms with Crippen LogP contribution in [0.25, 0.3) is 0 Å². The Kier molecular flexibility index (Phi) is 9.71. The predicted octanol–water partition coefficient (Wildman–Crippen LogP) is 9.83. The lowest BCUT2D eigenvalue weighted by molar-refractivity contribution is -0.113. The van der Waals surface area contributed by atoms with Crippen LogP contribution >= 0.6 is 0 Å². The molecule has 1 aliphatic heterocycles.